The Kier molecular flexibility index (Phi) is 3.13. The minimum atomic E-state index is -0.216. The first kappa shape index (κ1) is 15.4. The quantitative estimate of drug-likeness (QED) is 0.728. The van der Waals surface area contributed by atoms with Gasteiger partial charge in [-0.25, -0.2) is 4.98 Å². The monoisotopic (exact) mass is 348 g/mol. The van der Waals surface area contributed by atoms with E-state index in [2.05, 4.69) is 35.2 Å². The van der Waals surface area contributed by atoms with E-state index in [1.165, 1.54) is 6.39 Å². The fourth-order valence-corrected chi connectivity index (χ4v) is 3.81. The molecule has 2 aliphatic rings. The highest BCUT2D eigenvalue weighted by atomic mass is 16.3. The van der Waals surface area contributed by atoms with Crippen molar-refractivity contribution in [3.05, 3.63) is 60.1 Å². The van der Waals surface area contributed by atoms with Gasteiger partial charge in [0, 0.05) is 30.8 Å². The van der Waals surface area contributed by atoms with Gasteiger partial charge in [0.1, 0.15) is 6.04 Å². The molecule has 1 unspecified atom stereocenters. The molecule has 3 aromatic rings. The van der Waals surface area contributed by atoms with Crippen molar-refractivity contribution in [1.29, 1.82) is 0 Å². The number of fused-ring (bicyclic) bond motifs is 1. The second-order valence-electron chi connectivity index (χ2n) is 7.62. The lowest BCUT2D eigenvalue weighted by molar-refractivity contribution is -0.138. The predicted molar refractivity (Wildman–Crippen MR) is 94.9 cm³/mol. The SMILES string of the molecule is Cn1cc(-c2ccc3c(c2)CN(C(=O)C2(C)CC2)C3c2cnco2)cn1. The summed E-state index contributed by atoms with van der Waals surface area (Å²) in [6.07, 6.45) is 8.92. The van der Waals surface area contributed by atoms with E-state index in [9.17, 15) is 4.79 Å². The maximum absolute atomic E-state index is 13.1. The van der Waals surface area contributed by atoms with Gasteiger partial charge < -0.3 is 9.32 Å². The number of hydrogen-bond acceptors (Lipinski definition) is 4. The number of hydrogen-bond donors (Lipinski definition) is 0. The van der Waals surface area contributed by atoms with Crippen LogP contribution in [0.15, 0.2) is 47.6 Å². The minimum absolute atomic E-state index is 0.194. The number of benzene rings is 1. The van der Waals surface area contributed by atoms with Crippen molar-refractivity contribution >= 4 is 5.91 Å². The highest BCUT2D eigenvalue weighted by Gasteiger charge is 2.50. The molecule has 6 heteroatoms. The Morgan fingerprint density at radius 3 is 2.77 bits per heavy atom. The van der Waals surface area contributed by atoms with E-state index in [1.807, 2.05) is 24.3 Å². The Hall–Kier alpha value is -2.89. The van der Waals surface area contributed by atoms with Crippen molar-refractivity contribution < 1.29 is 9.21 Å². The molecule has 132 valence electrons. The van der Waals surface area contributed by atoms with Gasteiger partial charge in [0.25, 0.3) is 0 Å². The van der Waals surface area contributed by atoms with Crippen LogP contribution in [0.5, 0.6) is 0 Å². The second-order valence-corrected chi connectivity index (χ2v) is 7.62. The highest BCUT2D eigenvalue weighted by Crippen LogP contribution is 2.50. The molecular formula is C20H20N4O2. The van der Waals surface area contributed by atoms with Gasteiger partial charge in [0.2, 0.25) is 5.91 Å². The lowest BCUT2D eigenvalue weighted by Gasteiger charge is -2.26. The molecule has 5 rings (SSSR count). The first-order valence-corrected chi connectivity index (χ1v) is 8.86. The molecular weight excluding hydrogens is 328 g/mol. The fourth-order valence-electron chi connectivity index (χ4n) is 3.81. The van der Waals surface area contributed by atoms with E-state index in [0.29, 0.717) is 6.54 Å². The summed E-state index contributed by atoms with van der Waals surface area (Å²) in [5.41, 5.74) is 4.25. The van der Waals surface area contributed by atoms with E-state index in [-0.39, 0.29) is 17.4 Å². The maximum atomic E-state index is 13.1. The number of rotatable bonds is 3. The largest absolute Gasteiger partial charge is 0.446 e. The van der Waals surface area contributed by atoms with Gasteiger partial charge in [-0.1, -0.05) is 19.1 Å². The number of nitrogens with zero attached hydrogens (tertiary/aromatic N) is 4. The molecule has 3 heterocycles. The molecule has 1 aliphatic heterocycles. The van der Waals surface area contributed by atoms with E-state index in [4.69, 9.17) is 4.42 Å². The van der Waals surface area contributed by atoms with Crippen LogP contribution in [0.4, 0.5) is 0 Å². The molecule has 1 atom stereocenters. The molecule has 0 N–H and O–H groups in total. The number of carbonyl (C=O) groups is 1. The molecule has 1 fully saturated rings. The Bertz CT molecular complexity index is 985. The normalized spacial score (nSPS) is 20.2. The third kappa shape index (κ3) is 2.29. The van der Waals surface area contributed by atoms with Crippen LogP contribution in [-0.4, -0.2) is 25.6 Å². The summed E-state index contributed by atoms with van der Waals surface area (Å²) in [6.45, 7) is 2.65. The van der Waals surface area contributed by atoms with Crippen LogP contribution in [0.1, 0.15) is 42.7 Å². The molecule has 1 saturated carbocycles. The van der Waals surface area contributed by atoms with Crippen LogP contribution < -0.4 is 0 Å². The lowest BCUT2D eigenvalue weighted by Crippen LogP contribution is -2.35. The third-order valence-electron chi connectivity index (χ3n) is 5.63. The van der Waals surface area contributed by atoms with Crippen LogP contribution in [0.3, 0.4) is 0 Å². The van der Waals surface area contributed by atoms with E-state index < -0.39 is 0 Å². The summed E-state index contributed by atoms with van der Waals surface area (Å²) < 4.78 is 7.38. The smallest absolute Gasteiger partial charge is 0.229 e. The van der Waals surface area contributed by atoms with Gasteiger partial charge in [-0.3, -0.25) is 9.48 Å². The summed E-state index contributed by atoms with van der Waals surface area (Å²) in [4.78, 5) is 19.1. The molecule has 0 radical (unpaired) electrons. The lowest BCUT2D eigenvalue weighted by atomic mass is 9.98. The van der Waals surface area contributed by atoms with Gasteiger partial charge in [-0.2, -0.15) is 5.10 Å². The molecule has 6 nitrogen and oxygen atoms in total. The van der Waals surface area contributed by atoms with Gasteiger partial charge in [0.05, 0.1) is 12.4 Å². The molecule has 1 aromatic carbocycles. The van der Waals surface area contributed by atoms with Gasteiger partial charge in [-0.15, -0.1) is 0 Å². The van der Waals surface area contributed by atoms with Crippen molar-refractivity contribution in [2.75, 3.05) is 0 Å². The van der Waals surface area contributed by atoms with Crippen LogP contribution in [0.25, 0.3) is 11.1 Å². The molecule has 0 spiro atoms. The van der Waals surface area contributed by atoms with Crippen molar-refractivity contribution in [3.63, 3.8) is 0 Å². The molecule has 26 heavy (non-hydrogen) atoms. The number of aromatic nitrogens is 3. The standard InChI is InChI=1S/C20H20N4O2/c1-20(5-6-20)19(25)24-11-14-7-13(15-8-22-23(2)10-15)3-4-16(14)18(24)17-9-21-12-26-17/h3-4,7-10,12,18H,5-6,11H2,1-2H3. The van der Waals surface area contributed by atoms with Crippen molar-refractivity contribution in [3.8, 4) is 11.1 Å². The molecule has 1 amide bonds. The van der Waals surface area contributed by atoms with Crippen LogP contribution in [0.2, 0.25) is 0 Å². The zero-order valence-corrected chi connectivity index (χ0v) is 14.8. The van der Waals surface area contributed by atoms with Crippen LogP contribution >= 0.6 is 0 Å². The average Bonchev–Trinajstić information content (AvgIpc) is 3.06. The van der Waals surface area contributed by atoms with Crippen LogP contribution in [0, 0.1) is 5.41 Å². The molecule has 0 saturated heterocycles. The van der Waals surface area contributed by atoms with Gasteiger partial charge in [-0.05, 0) is 35.6 Å². The van der Waals surface area contributed by atoms with Gasteiger partial charge >= 0.3 is 0 Å². The Morgan fingerprint density at radius 1 is 1.27 bits per heavy atom. The molecule has 1 aliphatic carbocycles. The third-order valence-corrected chi connectivity index (χ3v) is 5.63. The molecule has 2 aromatic heterocycles. The average molecular weight is 348 g/mol. The summed E-state index contributed by atoms with van der Waals surface area (Å²) >= 11 is 0. The number of amides is 1. The van der Waals surface area contributed by atoms with Crippen LogP contribution in [-0.2, 0) is 18.4 Å². The molecule has 0 bridgehead atoms. The Labute approximate surface area is 151 Å². The topological polar surface area (TPSA) is 64.2 Å². The Balaban J connectivity index is 1.57. The zero-order chi connectivity index (χ0) is 17.9. The minimum Gasteiger partial charge on any atom is -0.446 e. The predicted octanol–water partition coefficient (Wildman–Crippen LogP) is 3.31. The first-order chi connectivity index (χ1) is 12.5. The summed E-state index contributed by atoms with van der Waals surface area (Å²) in [5, 5.41) is 4.25. The van der Waals surface area contributed by atoms with E-state index in [0.717, 1.165) is 40.9 Å². The summed E-state index contributed by atoms with van der Waals surface area (Å²) in [6, 6.07) is 6.16. The summed E-state index contributed by atoms with van der Waals surface area (Å²) in [7, 11) is 1.91. The van der Waals surface area contributed by atoms with Gasteiger partial charge in [0.15, 0.2) is 12.2 Å². The van der Waals surface area contributed by atoms with Crippen molar-refractivity contribution in [1.82, 2.24) is 19.7 Å². The number of carbonyl (C=O) groups excluding carboxylic acids is 1. The van der Waals surface area contributed by atoms with Crippen molar-refractivity contribution in [2.45, 2.75) is 32.4 Å². The number of aryl methyl sites for hydroxylation is 1. The van der Waals surface area contributed by atoms with Crippen molar-refractivity contribution in [2.24, 2.45) is 12.5 Å². The van der Waals surface area contributed by atoms with E-state index in [1.54, 1.807) is 10.9 Å². The maximum Gasteiger partial charge on any atom is 0.229 e. The first-order valence-electron chi connectivity index (χ1n) is 8.86. The second kappa shape index (κ2) is 5.30. The zero-order valence-electron chi connectivity index (χ0n) is 14.8. The number of oxazole rings is 1. The summed E-state index contributed by atoms with van der Waals surface area (Å²) in [5.74, 6) is 0.925. The van der Waals surface area contributed by atoms with E-state index >= 15 is 0 Å². The highest BCUT2D eigenvalue weighted by molar-refractivity contribution is 5.86. The Morgan fingerprint density at radius 2 is 2.12 bits per heavy atom. The fraction of sp³-hybridized carbons (Fsp3) is 0.350.